The van der Waals surface area contributed by atoms with E-state index in [0.29, 0.717) is 19.0 Å². The summed E-state index contributed by atoms with van der Waals surface area (Å²) in [6.07, 6.45) is 6.16. The minimum atomic E-state index is -0.0146. The van der Waals surface area contributed by atoms with Gasteiger partial charge in [-0.3, -0.25) is 0 Å². The maximum Gasteiger partial charge on any atom is 0.318 e. The van der Waals surface area contributed by atoms with Crippen LogP contribution in [0.4, 0.5) is 4.79 Å². The number of carbonyl (C=O) groups is 1. The molecule has 25 heavy (non-hydrogen) atoms. The Kier molecular flexibility index (Phi) is 5.63. The molecule has 2 amide bonds. The molecule has 0 atom stereocenters. The largest absolute Gasteiger partial charge is 0.336 e. The van der Waals surface area contributed by atoms with Crippen molar-refractivity contribution >= 4 is 17.6 Å². The number of benzene rings is 1. The number of imidazole rings is 1. The van der Waals surface area contributed by atoms with E-state index in [0.717, 1.165) is 23.0 Å². The Hall–Kier alpha value is -2.01. The molecule has 134 valence electrons. The fourth-order valence-corrected chi connectivity index (χ4v) is 3.02. The SMILES string of the molecule is CC(C)NC(=O)N(Cc1nccn1Cc1cccc(Cl)c1)CC1CC1. The second kappa shape index (κ2) is 7.91. The number of halogens is 1. The van der Waals surface area contributed by atoms with Crippen LogP contribution in [0.3, 0.4) is 0 Å². The molecule has 1 saturated carbocycles. The first-order valence-corrected chi connectivity index (χ1v) is 9.19. The van der Waals surface area contributed by atoms with E-state index in [2.05, 4.69) is 14.9 Å². The van der Waals surface area contributed by atoms with Gasteiger partial charge in [-0.2, -0.15) is 0 Å². The maximum absolute atomic E-state index is 12.5. The molecule has 0 spiro atoms. The molecule has 0 bridgehead atoms. The number of rotatable bonds is 7. The monoisotopic (exact) mass is 360 g/mol. The maximum atomic E-state index is 12.5. The van der Waals surface area contributed by atoms with Crippen LogP contribution in [0.15, 0.2) is 36.7 Å². The van der Waals surface area contributed by atoms with Crippen molar-refractivity contribution in [3.63, 3.8) is 0 Å². The predicted molar refractivity (Wildman–Crippen MR) is 99.6 cm³/mol. The smallest absolute Gasteiger partial charge is 0.318 e. The Morgan fingerprint density at radius 3 is 2.92 bits per heavy atom. The van der Waals surface area contributed by atoms with Crippen molar-refractivity contribution in [1.29, 1.82) is 0 Å². The number of hydrogen-bond acceptors (Lipinski definition) is 2. The molecule has 1 aromatic carbocycles. The molecular weight excluding hydrogens is 336 g/mol. The molecule has 1 aliphatic carbocycles. The van der Waals surface area contributed by atoms with E-state index in [4.69, 9.17) is 11.6 Å². The summed E-state index contributed by atoms with van der Waals surface area (Å²) in [7, 11) is 0. The third kappa shape index (κ3) is 5.23. The number of amides is 2. The fourth-order valence-electron chi connectivity index (χ4n) is 2.81. The summed E-state index contributed by atoms with van der Waals surface area (Å²) in [6, 6.07) is 7.93. The van der Waals surface area contributed by atoms with Crippen LogP contribution in [-0.4, -0.2) is 33.1 Å². The van der Waals surface area contributed by atoms with E-state index in [1.165, 1.54) is 12.8 Å². The zero-order valence-electron chi connectivity index (χ0n) is 14.8. The highest BCUT2D eigenvalue weighted by Crippen LogP contribution is 2.30. The normalized spacial score (nSPS) is 13.9. The van der Waals surface area contributed by atoms with E-state index >= 15 is 0 Å². The lowest BCUT2D eigenvalue weighted by molar-refractivity contribution is 0.187. The van der Waals surface area contributed by atoms with Crippen molar-refractivity contribution < 1.29 is 4.79 Å². The quantitative estimate of drug-likeness (QED) is 0.813. The zero-order chi connectivity index (χ0) is 17.8. The van der Waals surface area contributed by atoms with Gasteiger partial charge in [-0.25, -0.2) is 9.78 Å². The van der Waals surface area contributed by atoms with Crippen LogP contribution in [0.25, 0.3) is 0 Å². The van der Waals surface area contributed by atoms with E-state index in [-0.39, 0.29) is 12.1 Å². The standard InChI is InChI=1S/C19H25ClN4O/c1-14(2)22-19(25)24(11-15-6-7-15)13-18-21-8-9-23(18)12-16-4-3-5-17(20)10-16/h3-5,8-10,14-15H,6-7,11-13H2,1-2H3,(H,22,25). The highest BCUT2D eigenvalue weighted by Gasteiger charge is 2.27. The van der Waals surface area contributed by atoms with Gasteiger partial charge in [0.2, 0.25) is 0 Å². The van der Waals surface area contributed by atoms with Gasteiger partial charge in [0, 0.05) is 36.5 Å². The minimum Gasteiger partial charge on any atom is -0.336 e. The van der Waals surface area contributed by atoms with E-state index in [9.17, 15) is 4.79 Å². The van der Waals surface area contributed by atoms with Gasteiger partial charge < -0.3 is 14.8 Å². The molecule has 1 heterocycles. The Morgan fingerprint density at radius 1 is 1.44 bits per heavy atom. The van der Waals surface area contributed by atoms with Crippen LogP contribution in [0, 0.1) is 5.92 Å². The predicted octanol–water partition coefficient (Wildman–Crippen LogP) is 3.91. The summed E-state index contributed by atoms with van der Waals surface area (Å²) in [5.74, 6) is 1.52. The van der Waals surface area contributed by atoms with Crippen molar-refractivity contribution in [2.45, 2.75) is 45.8 Å². The van der Waals surface area contributed by atoms with Gasteiger partial charge in [0.05, 0.1) is 6.54 Å². The minimum absolute atomic E-state index is 0.0146. The van der Waals surface area contributed by atoms with Crippen LogP contribution in [0.5, 0.6) is 0 Å². The van der Waals surface area contributed by atoms with Gasteiger partial charge in [0.15, 0.2) is 0 Å². The summed E-state index contributed by atoms with van der Waals surface area (Å²) in [6.45, 7) is 5.96. The second-order valence-corrected chi connectivity index (χ2v) is 7.47. The lowest BCUT2D eigenvalue weighted by atomic mass is 10.2. The fraction of sp³-hybridized carbons (Fsp3) is 0.474. The first kappa shape index (κ1) is 17.8. The van der Waals surface area contributed by atoms with Crippen molar-refractivity contribution in [3.05, 3.63) is 53.1 Å². The van der Waals surface area contributed by atoms with Crippen molar-refractivity contribution in [2.75, 3.05) is 6.54 Å². The molecule has 0 radical (unpaired) electrons. The second-order valence-electron chi connectivity index (χ2n) is 7.03. The van der Waals surface area contributed by atoms with Crippen molar-refractivity contribution in [2.24, 2.45) is 5.92 Å². The summed E-state index contributed by atoms with van der Waals surface area (Å²) in [4.78, 5) is 18.9. The molecule has 0 unspecified atom stereocenters. The highest BCUT2D eigenvalue weighted by atomic mass is 35.5. The van der Waals surface area contributed by atoms with Gasteiger partial charge in [-0.05, 0) is 50.3 Å². The number of hydrogen-bond donors (Lipinski definition) is 1. The molecule has 1 N–H and O–H groups in total. The number of nitrogens with one attached hydrogen (secondary N) is 1. The van der Waals surface area contributed by atoms with Crippen LogP contribution in [0.2, 0.25) is 5.02 Å². The number of nitrogens with zero attached hydrogens (tertiary/aromatic N) is 3. The average molecular weight is 361 g/mol. The van der Waals surface area contributed by atoms with Crippen molar-refractivity contribution in [1.82, 2.24) is 19.8 Å². The molecule has 1 aliphatic rings. The topological polar surface area (TPSA) is 50.2 Å². The Morgan fingerprint density at radius 2 is 2.24 bits per heavy atom. The summed E-state index contributed by atoms with van der Waals surface area (Å²) in [5.41, 5.74) is 1.12. The Balaban J connectivity index is 1.71. The molecule has 0 aliphatic heterocycles. The van der Waals surface area contributed by atoms with Crippen molar-refractivity contribution in [3.8, 4) is 0 Å². The van der Waals surface area contributed by atoms with Gasteiger partial charge in [-0.1, -0.05) is 23.7 Å². The van der Waals surface area contributed by atoms with E-state index < -0.39 is 0 Å². The van der Waals surface area contributed by atoms with Gasteiger partial charge in [0.25, 0.3) is 0 Å². The summed E-state index contributed by atoms with van der Waals surface area (Å²) >= 11 is 6.08. The lowest BCUT2D eigenvalue weighted by Gasteiger charge is -2.24. The first-order chi connectivity index (χ1) is 12.0. The van der Waals surface area contributed by atoms with Crippen LogP contribution in [-0.2, 0) is 13.1 Å². The lowest BCUT2D eigenvalue weighted by Crippen LogP contribution is -2.43. The molecular formula is C19H25ClN4O. The molecule has 6 heteroatoms. The Bertz CT molecular complexity index is 724. The third-order valence-electron chi connectivity index (χ3n) is 4.25. The molecule has 2 aromatic rings. The molecule has 0 saturated heterocycles. The van der Waals surface area contributed by atoms with Crippen LogP contribution in [0.1, 0.15) is 38.1 Å². The van der Waals surface area contributed by atoms with Gasteiger partial charge in [-0.15, -0.1) is 0 Å². The summed E-state index contributed by atoms with van der Waals surface area (Å²) in [5, 5.41) is 3.73. The number of urea groups is 1. The zero-order valence-corrected chi connectivity index (χ0v) is 15.5. The number of aromatic nitrogens is 2. The number of carbonyl (C=O) groups excluding carboxylic acids is 1. The molecule has 1 fully saturated rings. The first-order valence-electron chi connectivity index (χ1n) is 8.81. The Labute approximate surface area is 154 Å². The molecule has 5 nitrogen and oxygen atoms in total. The van der Waals surface area contributed by atoms with Crippen LogP contribution < -0.4 is 5.32 Å². The van der Waals surface area contributed by atoms with Crippen LogP contribution >= 0.6 is 11.6 Å². The highest BCUT2D eigenvalue weighted by molar-refractivity contribution is 6.30. The van der Waals surface area contributed by atoms with Gasteiger partial charge in [0.1, 0.15) is 5.82 Å². The van der Waals surface area contributed by atoms with Gasteiger partial charge >= 0.3 is 6.03 Å². The third-order valence-corrected chi connectivity index (χ3v) is 4.49. The molecule has 3 rings (SSSR count). The van der Waals surface area contributed by atoms with E-state index in [1.54, 1.807) is 6.20 Å². The molecule has 1 aromatic heterocycles. The average Bonchev–Trinajstić information content (AvgIpc) is 3.26. The van der Waals surface area contributed by atoms with E-state index in [1.807, 2.05) is 49.2 Å². The summed E-state index contributed by atoms with van der Waals surface area (Å²) < 4.78 is 2.08.